The summed E-state index contributed by atoms with van der Waals surface area (Å²) in [6, 6.07) is 4.00. The van der Waals surface area contributed by atoms with Crippen LogP contribution in [0.25, 0.3) is 0 Å². The number of hydrogen-bond donors (Lipinski definition) is 1. The van der Waals surface area contributed by atoms with Gasteiger partial charge in [0.2, 0.25) is 5.88 Å². The van der Waals surface area contributed by atoms with Gasteiger partial charge in [-0.3, -0.25) is 0 Å². The van der Waals surface area contributed by atoms with Crippen molar-refractivity contribution in [2.24, 2.45) is 0 Å². The standard InChI is InChI=1S/C9H7N3OS/c10-3-8-5-12-13-9(8)11-4-7-1-2-14-6-7/h1-2,5-6,11H,4H2. The second kappa shape index (κ2) is 3.94. The lowest BCUT2D eigenvalue weighted by Gasteiger charge is -1.98. The zero-order valence-electron chi connectivity index (χ0n) is 7.23. The minimum atomic E-state index is 0.429. The molecule has 2 aromatic heterocycles. The first kappa shape index (κ1) is 8.78. The van der Waals surface area contributed by atoms with E-state index in [4.69, 9.17) is 9.78 Å². The van der Waals surface area contributed by atoms with Gasteiger partial charge in [0, 0.05) is 6.54 Å². The van der Waals surface area contributed by atoms with Crippen LogP contribution < -0.4 is 5.32 Å². The first-order valence-electron chi connectivity index (χ1n) is 4.00. The van der Waals surface area contributed by atoms with E-state index in [0.29, 0.717) is 18.0 Å². The highest BCUT2D eigenvalue weighted by atomic mass is 32.1. The Balaban J connectivity index is 2.02. The number of nitrogens with one attached hydrogen (secondary N) is 1. The topological polar surface area (TPSA) is 61.9 Å². The molecule has 0 aromatic carbocycles. The average molecular weight is 205 g/mol. The van der Waals surface area contributed by atoms with Crippen LogP contribution in [0.15, 0.2) is 27.5 Å². The van der Waals surface area contributed by atoms with E-state index in [1.165, 1.54) is 6.20 Å². The Labute approximate surface area is 84.8 Å². The molecule has 0 saturated heterocycles. The predicted octanol–water partition coefficient (Wildman–Crippen LogP) is 2.22. The van der Waals surface area contributed by atoms with Crippen LogP contribution in [0.1, 0.15) is 11.1 Å². The molecule has 2 rings (SSSR count). The van der Waals surface area contributed by atoms with Crippen molar-refractivity contribution in [1.29, 1.82) is 5.26 Å². The second-order valence-corrected chi connectivity index (χ2v) is 3.45. The summed E-state index contributed by atoms with van der Waals surface area (Å²) in [7, 11) is 0. The van der Waals surface area contributed by atoms with Crippen LogP contribution in [0, 0.1) is 11.3 Å². The van der Waals surface area contributed by atoms with Crippen molar-refractivity contribution in [3.63, 3.8) is 0 Å². The van der Waals surface area contributed by atoms with Crippen LogP contribution in [0.2, 0.25) is 0 Å². The molecular weight excluding hydrogens is 198 g/mol. The maximum absolute atomic E-state index is 8.68. The number of anilines is 1. The van der Waals surface area contributed by atoms with E-state index < -0.39 is 0 Å². The molecule has 70 valence electrons. The van der Waals surface area contributed by atoms with E-state index >= 15 is 0 Å². The van der Waals surface area contributed by atoms with Crippen molar-refractivity contribution in [3.8, 4) is 6.07 Å². The Hall–Kier alpha value is -1.80. The third-order valence-corrected chi connectivity index (χ3v) is 2.46. The zero-order chi connectivity index (χ0) is 9.80. The van der Waals surface area contributed by atoms with Crippen molar-refractivity contribution >= 4 is 17.2 Å². The monoisotopic (exact) mass is 205 g/mol. The van der Waals surface area contributed by atoms with Gasteiger partial charge in [-0.2, -0.15) is 16.6 Å². The smallest absolute Gasteiger partial charge is 0.242 e. The molecule has 0 fully saturated rings. The van der Waals surface area contributed by atoms with Crippen LogP contribution in [0.5, 0.6) is 0 Å². The zero-order valence-corrected chi connectivity index (χ0v) is 8.04. The average Bonchev–Trinajstić information content (AvgIpc) is 2.85. The summed E-state index contributed by atoms with van der Waals surface area (Å²) in [6.07, 6.45) is 1.40. The maximum atomic E-state index is 8.68. The largest absolute Gasteiger partial charge is 0.349 e. The fourth-order valence-electron chi connectivity index (χ4n) is 1.02. The van der Waals surface area contributed by atoms with Gasteiger partial charge in [-0.25, -0.2) is 0 Å². The first-order valence-corrected chi connectivity index (χ1v) is 4.94. The number of nitrogens with zero attached hydrogens (tertiary/aromatic N) is 2. The molecule has 5 heteroatoms. The Bertz CT molecular complexity index is 441. The molecule has 1 N–H and O–H groups in total. The van der Waals surface area contributed by atoms with Crippen molar-refractivity contribution < 1.29 is 4.52 Å². The highest BCUT2D eigenvalue weighted by Crippen LogP contribution is 2.15. The van der Waals surface area contributed by atoms with Crippen LogP contribution in [-0.2, 0) is 6.54 Å². The summed E-state index contributed by atoms with van der Waals surface area (Å²) in [4.78, 5) is 0. The molecule has 0 radical (unpaired) electrons. The summed E-state index contributed by atoms with van der Waals surface area (Å²) in [5.41, 5.74) is 1.59. The van der Waals surface area contributed by atoms with Crippen molar-refractivity contribution in [2.45, 2.75) is 6.54 Å². The molecule has 0 aliphatic carbocycles. The van der Waals surface area contributed by atoms with Gasteiger partial charge in [0.1, 0.15) is 11.6 Å². The van der Waals surface area contributed by atoms with E-state index in [0.717, 1.165) is 5.56 Å². The maximum Gasteiger partial charge on any atom is 0.242 e. The van der Waals surface area contributed by atoms with Gasteiger partial charge in [-0.05, 0) is 22.4 Å². The summed E-state index contributed by atoms with van der Waals surface area (Å²) in [6.45, 7) is 0.646. The SMILES string of the molecule is N#Cc1cnoc1NCc1ccsc1. The van der Waals surface area contributed by atoms with Gasteiger partial charge in [0.25, 0.3) is 0 Å². The van der Waals surface area contributed by atoms with E-state index in [2.05, 4.69) is 10.5 Å². The summed E-state index contributed by atoms with van der Waals surface area (Å²) < 4.78 is 4.87. The number of thiophene rings is 1. The molecule has 2 heterocycles. The molecule has 0 spiro atoms. The van der Waals surface area contributed by atoms with E-state index in [-0.39, 0.29) is 0 Å². The van der Waals surface area contributed by atoms with Gasteiger partial charge >= 0.3 is 0 Å². The van der Waals surface area contributed by atoms with Crippen molar-refractivity contribution in [1.82, 2.24) is 5.16 Å². The summed E-state index contributed by atoms with van der Waals surface area (Å²) in [5.74, 6) is 0.429. The lowest BCUT2D eigenvalue weighted by Crippen LogP contribution is -1.97. The Morgan fingerprint density at radius 2 is 2.57 bits per heavy atom. The normalized spacial score (nSPS) is 9.64. The number of hydrogen-bond acceptors (Lipinski definition) is 5. The lowest BCUT2D eigenvalue weighted by molar-refractivity contribution is 0.431. The van der Waals surface area contributed by atoms with Gasteiger partial charge < -0.3 is 9.84 Å². The third kappa shape index (κ3) is 1.75. The first-order chi connectivity index (χ1) is 6.90. The van der Waals surface area contributed by atoms with E-state index in [1.807, 2.05) is 22.9 Å². The van der Waals surface area contributed by atoms with Crippen LogP contribution in [0.4, 0.5) is 5.88 Å². The van der Waals surface area contributed by atoms with Crippen LogP contribution in [0.3, 0.4) is 0 Å². The molecule has 0 saturated carbocycles. The molecule has 0 aliphatic heterocycles. The number of aromatic nitrogens is 1. The molecule has 4 nitrogen and oxygen atoms in total. The highest BCUT2D eigenvalue weighted by Gasteiger charge is 2.05. The van der Waals surface area contributed by atoms with Gasteiger partial charge in [-0.15, -0.1) is 0 Å². The van der Waals surface area contributed by atoms with Gasteiger partial charge in [-0.1, -0.05) is 5.16 Å². The van der Waals surface area contributed by atoms with Crippen molar-refractivity contribution in [3.05, 3.63) is 34.2 Å². The quantitative estimate of drug-likeness (QED) is 0.834. The van der Waals surface area contributed by atoms with Crippen LogP contribution in [-0.4, -0.2) is 5.16 Å². The molecule has 0 bridgehead atoms. The minimum Gasteiger partial charge on any atom is -0.349 e. The summed E-state index contributed by atoms with van der Waals surface area (Å²) in [5, 5.41) is 19.3. The van der Waals surface area contributed by atoms with E-state index in [9.17, 15) is 0 Å². The predicted molar refractivity (Wildman–Crippen MR) is 52.9 cm³/mol. The Morgan fingerprint density at radius 3 is 3.29 bits per heavy atom. The Kier molecular flexibility index (Phi) is 2.47. The minimum absolute atomic E-state index is 0.429. The highest BCUT2D eigenvalue weighted by molar-refractivity contribution is 7.07. The summed E-state index contributed by atoms with van der Waals surface area (Å²) >= 11 is 1.64. The number of nitriles is 1. The lowest BCUT2D eigenvalue weighted by atomic mass is 10.3. The third-order valence-electron chi connectivity index (χ3n) is 1.72. The molecule has 14 heavy (non-hydrogen) atoms. The molecule has 0 aliphatic rings. The molecule has 2 aromatic rings. The number of rotatable bonds is 3. The second-order valence-electron chi connectivity index (χ2n) is 2.67. The molecule has 0 unspecified atom stereocenters. The molecule has 0 atom stereocenters. The fraction of sp³-hybridized carbons (Fsp3) is 0.111. The van der Waals surface area contributed by atoms with E-state index in [1.54, 1.807) is 11.3 Å². The molecule has 0 amide bonds. The fourth-order valence-corrected chi connectivity index (χ4v) is 1.69. The Morgan fingerprint density at radius 1 is 1.64 bits per heavy atom. The van der Waals surface area contributed by atoms with Gasteiger partial charge in [0.05, 0.1) is 6.20 Å². The molecular formula is C9H7N3OS. The van der Waals surface area contributed by atoms with Gasteiger partial charge in [0.15, 0.2) is 0 Å². The van der Waals surface area contributed by atoms with Crippen molar-refractivity contribution in [2.75, 3.05) is 5.32 Å². The van der Waals surface area contributed by atoms with Crippen LogP contribution >= 0.6 is 11.3 Å².